The van der Waals surface area contributed by atoms with Gasteiger partial charge in [-0.25, -0.2) is 8.78 Å². The van der Waals surface area contributed by atoms with E-state index >= 15 is 0 Å². The number of halogens is 2. The van der Waals surface area contributed by atoms with Crippen molar-refractivity contribution in [3.05, 3.63) is 35.4 Å². The van der Waals surface area contributed by atoms with Gasteiger partial charge in [0.25, 0.3) is 0 Å². The molecule has 0 aromatic heterocycles. The van der Waals surface area contributed by atoms with Crippen molar-refractivity contribution in [1.29, 1.82) is 0 Å². The molecule has 3 nitrogen and oxygen atoms in total. The van der Waals surface area contributed by atoms with E-state index in [0.29, 0.717) is 18.5 Å². The molecule has 5 heteroatoms. The zero-order valence-electron chi connectivity index (χ0n) is 11.5. The van der Waals surface area contributed by atoms with Crippen molar-refractivity contribution in [2.24, 2.45) is 11.7 Å². The Morgan fingerprint density at radius 2 is 1.95 bits per heavy atom. The average molecular weight is 270 g/mol. The maximum absolute atomic E-state index is 13.2. The molecule has 1 aromatic carbocycles. The molecule has 0 fully saturated rings. The third-order valence-corrected chi connectivity index (χ3v) is 3.33. The molecule has 106 valence electrons. The van der Waals surface area contributed by atoms with Gasteiger partial charge in [0.2, 0.25) is 5.91 Å². The Labute approximate surface area is 112 Å². The lowest BCUT2D eigenvalue weighted by Gasteiger charge is -2.26. The van der Waals surface area contributed by atoms with Crippen molar-refractivity contribution in [2.75, 3.05) is 13.6 Å². The number of carbonyl (C=O) groups excluding carboxylic acids is 1. The summed E-state index contributed by atoms with van der Waals surface area (Å²) in [5.74, 6) is -1.75. The van der Waals surface area contributed by atoms with Crippen LogP contribution in [0.15, 0.2) is 18.2 Å². The van der Waals surface area contributed by atoms with Crippen molar-refractivity contribution in [1.82, 2.24) is 4.90 Å². The molecule has 0 saturated heterocycles. The molecule has 2 N–H and O–H groups in total. The summed E-state index contributed by atoms with van der Waals surface area (Å²) in [6.45, 7) is 4.12. The van der Waals surface area contributed by atoms with Crippen LogP contribution in [0, 0.1) is 17.6 Å². The number of hydrogen-bond donors (Lipinski definition) is 1. The molecule has 0 spiro atoms. The maximum Gasteiger partial charge on any atom is 0.223 e. The first-order valence-corrected chi connectivity index (χ1v) is 6.27. The molecule has 0 aliphatic heterocycles. The lowest BCUT2D eigenvalue weighted by molar-refractivity contribution is -0.132. The Hall–Kier alpha value is -1.49. The summed E-state index contributed by atoms with van der Waals surface area (Å²) in [5, 5.41) is 0. The highest BCUT2D eigenvalue weighted by Crippen LogP contribution is 2.22. The molecule has 0 aliphatic carbocycles. The number of hydrogen-bond acceptors (Lipinski definition) is 2. The lowest BCUT2D eigenvalue weighted by Crippen LogP contribution is -2.32. The van der Waals surface area contributed by atoms with Gasteiger partial charge in [-0.15, -0.1) is 0 Å². The lowest BCUT2D eigenvalue weighted by atomic mass is 10.0. The van der Waals surface area contributed by atoms with E-state index in [1.54, 1.807) is 14.0 Å². The molecule has 2 atom stereocenters. The first kappa shape index (κ1) is 15.6. The van der Waals surface area contributed by atoms with Gasteiger partial charge in [-0.2, -0.15) is 0 Å². The maximum atomic E-state index is 13.2. The minimum atomic E-state index is -0.902. The Balaban J connectivity index is 2.78. The Morgan fingerprint density at radius 3 is 2.47 bits per heavy atom. The van der Waals surface area contributed by atoms with Gasteiger partial charge in [-0.05, 0) is 37.1 Å². The second-order valence-corrected chi connectivity index (χ2v) is 4.90. The van der Waals surface area contributed by atoms with Gasteiger partial charge in [0.15, 0.2) is 11.6 Å². The Bertz CT molecular complexity index is 451. The summed E-state index contributed by atoms with van der Waals surface area (Å²) >= 11 is 0. The normalized spacial score (nSPS) is 14.0. The van der Waals surface area contributed by atoms with Crippen LogP contribution in [0.25, 0.3) is 0 Å². The first-order chi connectivity index (χ1) is 8.86. The molecule has 2 unspecified atom stereocenters. The van der Waals surface area contributed by atoms with Crippen LogP contribution < -0.4 is 5.73 Å². The summed E-state index contributed by atoms with van der Waals surface area (Å²) < 4.78 is 26.0. The summed E-state index contributed by atoms with van der Waals surface area (Å²) in [4.78, 5) is 13.5. The van der Waals surface area contributed by atoms with Crippen LogP contribution in [0.3, 0.4) is 0 Å². The highest BCUT2D eigenvalue weighted by molar-refractivity contribution is 5.76. The summed E-state index contributed by atoms with van der Waals surface area (Å²) in [6, 6.07) is 3.37. The molecular formula is C14H20F2N2O. The number of benzene rings is 1. The van der Waals surface area contributed by atoms with Crippen LogP contribution >= 0.6 is 0 Å². The fourth-order valence-electron chi connectivity index (χ4n) is 1.74. The van der Waals surface area contributed by atoms with Crippen molar-refractivity contribution >= 4 is 5.91 Å². The van der Waals surface area contributed by atoms with E-state index in [4.69, 9.17) is 5.73 Å². The zero-order valence-corrected chi connectivity index (χ0v) is 11.5. The van der Waals surface area contributed by atoms with E-state index in [2.05, 4.69) is 0 Å². The van der Waals surface area contributed by atoms with E-state index in [1.165, 1.54) is 11.0 Å². The molecule has 0 heterocycles. The van der Waals surface area contributed by atoms with Gasteiger partial charge >= 0.3 is 0 Å². The molecule has 1 rings (SSSR count). The summed E-state index contributed by atoms with van der Waals surface area (Å²) in [5.41, 5.74) is 6.05. The summed E-state index contributed by atoms with van der Waals surface area (Å²) in [6.07, 6.45) is 0.348. The van der Waals surface area contributed by atoms with Crippen molar-refractivity contribution < 1.29 is 13.6 Å². The average Bonchev–Trinajstić information content (AvgIpc) is 2.39. The third kappa shape index (κ3) is 3.99. The number of amides is 1. The second-order valence-electron chi connectivity index (χ2n) is 4.90. The van der Waals surface area contributed by atoms with Crippen LogP contribution in [-0.4, -0.2) is 24.4 Å². The van der Waals surface area contributed by atoms with Gasteiger partial charge in [0.05, 0.1) is 6.04 Å². The van der Waals surface area contributed by atoms with Crippen molar-refractivity contribution in [2.45, 2.75) is 26.3 Å². The van der Waals surface area contributed by atoms with Crippen LogP contribution in [0.1, 0.15) is 31.9 Å². The van der Waals surface area contributed by atoms with Gasteiger partial charge in [-0.3, -0.25) is 4.79 Å². The quantitative estimate of drug-likeness (QED) is 0.893. The SMILES string of the molecule is CC(CN)CC(=O)N(C)C(C)c1ccc(F)c(F)c1. The van der Waals surface area contributed by atoms with Crippen molar-refractivity contribution in [3.8, 4) is 0 Å². The molecule has 19 heavy (non-hydrogen) atoms. The smallest absolute Gasteiger partial charge is 0.223 e. The highest BCUT2D eigenvalue weighted by Gasteiger charge is 2.19. The molecule has 0 radical (unpaired) electrons. The van der Waals surface area contributed by atoms with Gasteiger partial charge in [0, 0.05) is 13.5 Å². The van der Waals surface area contributed by atoms with E-state index < -0.39 is 11.6 Å². The minimum absolute atomic E-state index is 0.0600. The van der Waals surface area contributed by atoms with E-state index in [-0.39, 0.29) is 17.9 Å². The number of rotatable bonds is 5. The van der Waals surface area contributed by atoms with Gasteiger partial charge in [0.1, 0.15) is 0 Å². The minimum Gasteiger partial charge on any atom is -0.339 e. The molecule has 1 aromatic rings. The second kappa shape index (κ2) is 6.61. The zero-order chi connectivity index (χ0) is 14.6. The van der Waals surface area contributed by atoms with Gasteiger partial charge < -0.3 is 10.6 Å². The topological polar surface area (TPSA) is 46.3 Å². The van der Waals surface area contributed by atoms with Crippen LogP contribution in [0.2, 0.25) is 0 Å². The molecular weight excluding hydrogens is 250 g/mol. The number of nitrogens with two attached hydrogens (primary N) is 1. The largest absolute Gasteiger partial charge is 0.339 e. The monoisotopic (exact) mass is 270 g/mol. The fraction of sp³-hybridized carbons (Fsp3) is 0.500. The standard InChI is InChI=1S/C14H20F2N2O/c1-9(8-17)6-14(19)18(3)10(2)11-4-5-12(15)13(16)7-11/h4-5,7,9-10H,6,8,17H2,1-3H3. The first-order valence-electron chi connectivity index (χ1n) is 6.27. The Kier molecular flexibility index (Phi) is 5.42. The predicted octanol–water partition coefficient (Wildman–Crippen LogP) is 2.47. The third-order valence-electron chi connectivity index (χ3n) is 3.33. The van der Waals surface area contributed by atoms with E-state index in [1.807, 2.05) is 6.92 Å². The summed E-state index contributed by atoms with van der Waals surface area (Å²) in [7, 11) is 1.65. The van der Waals surface area contributed by atoms with Crippen LogP contribution in [0.4, 0.5) is 8.78 Å². The molecule has 0 bridgehead atoms. The highest BCUT2D eigenvalue weighted by atomic mass is 19.2. The molecule has 0 aliphatic rings. The van der Waals surface area contributed by atoms with E-state index in [9.17, 15) is 13.6 Å². The fourth-order valence-corrected chi connectivity index (χ4v) is 1.74. The van der Waals surface area contributed by atoms with Crippen LogP contribution in [-0.2, 0) is 4.79 Å². The Morgan fingerprint density at radius 1 is 1.32 bits per heavy atom. The van der Waals surface area contributed by atoms with Crippen molar-refractivity contribution in [3.63, 3.8) is 0 Å². The van der Waals surface area contributed by atoms with Crippen LogP contribution in [0.5, 0.6) is 0 Å². The number of nitrogens with zero attached hydrogens (tertiary/aromatic N) is 1. The predicted molar refractivity (Wildman–Crippen MR) is 70.4 cm³/mol. The molecule has 1 amide bonds. The number of carbonyl (C=O) groups is 1. The van der Waals surface area contributed by atoms with Gasteiger partial charge in [-0.1, -0.05) is 13.0 Å². The molecule has 0 saturated carbocycles. The van der Waals surface area contributed by atoms with E-state index in [0.717, 1.165) is 12.1 Å².